The first-order valence-corrected chi connectivity index (χ1v) is 6.28. The number of aromatic nitrogens is 1. The molecule has 1 atom stereocenters. The number of phenolic OH excluding ortho intramolecular Hbond substituents is 1. The topological polar surface area (TPSA) is 59.1 Å². The molecule has 0 amide bonds. The molecule has 1 aliphatic rings. The molecule has 1 aliphatic carbocycles. The highest BCUT2D eigenvalue weighted by Gasteiger charge is 2.10. The second-order valence-electron chi connectivity index (χ2n) is 4.09. The molecule has 0 bridgehead atoms. The molecule has 86 valence electrons. The molecule has 17 heavy (non-hydrogen) atoms. The Balaban J connectivity index is 2.04. The summed E-state index contributed by atoms with van der Waals surface area (Å²) in [5, 5.41) is 10.4. The van der Waals surface area contributed by atoms with Crippen LogP contribution in [-0.2, 0) is 0 Å². The highest BCUT2D eigenvalue weighted by molar-refractivity contribution is 7.19. The fraction of sp³-hybridized carbons (Fsp3) is 0.154. The summed E-state index contributed by atoms with van der Waals surface area (Å²) in [6.45, 7) is 0. The van der Waals surface area contributed by atoms with Crippen LogP contribution < -0.4 is 5.73 Å². The summed E-state index contributed by atoms with van der Waals surface area (Å²) in [4.78, 5) is 4.55. The molecule has 0 saturated carbocycles. The average Bonchev–Trinajstić information content (AvgIpc) is 2.72. The van der Waals surface area contributed by atoms with E-state index in [-0.39, 0.29) is 11.8 Å². The maximum atomic E-state index is 9.42. The number of benzene rings is 1. The predicted molar refractivity (Wildman–Crippen MR) is 71.0 cm³/mol. The summed E-state index contributed by atoms with van der Waals surface area (Å²) < 4.78 is 1.00. The second-order valence-corrected chi connectivity index (χ2v) is 5.12. The number of fused-ring (bicyclic) bond motifs is 1. The van der Waals surface area contributed by atoms with E-state index >= 15 is 0 Å². The van der Waals surface area contributed by atoms with E-state index < -0.39 is 0 Å². The summed E-state index contributed by atoms with van der Waals surface area (Å²) >= 11 is 1.59. The van der Waals surface area contributed by atoms with E-state index in [4.69, 9.17) is 5.73 Å². The van der Waals surface area contributed by atoms with Crippen molar-refractivity contribution in [3.63, 3.8) is 0 Å². The largest absolute Gasteiger partial charge is 0.508 e. The number of nitrogens with zero attached hydrogens (tertiary/aromatic N) is 1. The average molecular weight is 244 g/mol. The molecule has 2 aromatic rings. The molecule has 0 radical (unpaired) electrons. The molecule has 4 heteroatoms. The van der Waals surface area contributed by atoms with Gasteiger partial charge in [-0.05, 0) is 24.6 Å². The SMILES string of the molecule is NC1C=CC(c2nc3ccc(O)cc3s2)=CC1. The van der Waals surface area contributed by atoms with Gasteiger partial charge in [0.15, 0.2) is 0 Å². The third-order valence-corrected chi connectivity index (χ3v) is 3.82. The van der Waals surface area contributed by atoms with E-state index in [2.05, 4.69) is 11.1 Å². The lowest BCUT2D eigenvalue weighted by Gasteiger charge is -2.09. The van der Waals surface area contributed by atoms with Gasteiger partial charge in [0.05, 0.1) is 10.2 Å². The molecule has 1 aromatic heterocycles. The van der Waals surface area contributed by atoms with Gasteiger partial charge in [0.25, 0.3) is 0 Å². The number of nitrogens with two attached hydrogens (primary N) is 1. The molecule has 0 saturated heterocycles. The molecule has 3 rings (SSSR count). The highest BCUT2D eigenvalue weighted by atomic mass is 32.1. The molecular weight excluding hydrogens is 232 g/mol. The molecule has 3 N–H and O–H groups in total. The molecule has 1 aromatic carbocycles. The first-order valence-electron chi connectivity index (χ1n) is 5.46. The normalized spacial score (nSPS) is 19.6. The van der Waals surface area contributed by atoms with Crippen molar-refractivity contribution < 1.29 is 5.11 Å². The Morgan fingerprint density at radius 1 is 1.41 bits per heavy atom. The minimum Gasteiger partial charge on any atom is -0.508 e. The first kappa shape index (κ1) is 10.5. The standard InChI is InChI=1S/C13H12N2OS/c14-9-3-1-8(2-4-9)13-15-11-6-5-10(16)7-12(11)17-13/h1-3,5-7,9,16H,4,14H2. The summed E-state index contributed by atoms with van der Waals surface area (Å²) in [6, 6.07) is 5.36. The van der Waals surface area contributed by atoms with Gasteiger partial charge in [-0.3, -0.25) is 0 Å². The van der Waals surface area contributed by atoms with Crippen molar-refractivity contribution in [1.82, 2.24) is 4.98 Å². The van der Waals surface area contributed by atoms with Gasteiger partial charge in [-0.25, -0.2) is 4.98 Å². The molecule has 0 spiro atoms. The number of aromatic hydroxyl groups is 1. The van der Waals surface area contributed by atoms with Gasteiger partial charge in [0, 0.05) is 11.6 Å². The lowest BCUT2D eigenvalue weighted by molar-refractivity contribution is 0.476. The van der Waals surface area contributed by atoms with E-state index in [0.29, 0.717) is 0 Å². The van der Waals surface area contributed by atoms with Gasteiger partial charge in [0.1, 0.15) is 10.8 Å². The van der Waals surface area contributed by atoms with Crippen molar-refractivity contribution in [1.29, 1.82) is 0 Å². The number of hydrogen-bond donors (Lipinski definition) is 2. The molecule has 3 nitrogen and oxygen atoms in total. The monoisotopic (exact) mass is 244 g/mol. The van der Waals surface area contributed by atoms with Crippen molar-refractivity contribution in [2.45, 2.75) is 12.5 Å². The maximum absolute atomic E-state index is 9.42. The zero-order chi connectivity index (χ0) is 11.8. The number of phenols is 1. The minimum absolute atomic E-state index is 0.122. The van der Waals surface area contributed by atoms with Crippen LogP contribution in [0.25, 0.3) is 15.8 Å². The van der Waals surface area contributed by atoms with Gasteiger partial charge in [-0.1, -0.05) is 18.2 Å². The predicted octanol–water partition coefficient (Wildman–Crippen LogP) is 2.67. The second kappa shape index (κ2) is 3.98. The quantitative estimate of drug-likeness (QED) is 0.810. The Kier molecular flexibility index (Phi) is 2.46. The van der Waals surface area contributed by atoms with Crippen molar-refractivity contribution in [3.8, 4) is 5.75 Å². The number of thiazole rings is 1. The van der Waals surface area contributed by atoms with Gasteiger partial charge in [-0.15, -0.1) is 11.3 Å². The van der Waals surface area contributed by atoms with Crippen molar-refractivity contribution >= 4 is 27.1 Å². The highest BCUT2D eigenvalue weighted by Crippen LogP contribution is 2.31. The Hall–Kier alpha value is -1.65. The van der Waals surface area contributed by atoms with Crippen LogP contribution in [0.1, 0.15) is 11.4 Å². The van der Waals surface area contributed by atoms with E-state index in [1.54, 1.807) is 23.5 Å². The fourth-order valence-electron chi connectivity index (χ4n) is 1.83. The Labute approximate surface area is 103 Å². The van der Waals surface area contributed by atoms with Crippen LogP contribution in [-0.4, -0.2) is 16.1 Å². The Morgan fingerprint density at radius 3 is 3.06 bits per heavy atom. The molecule has 0 aliphatic heterocycles. The van der Waals surface area contributed by atoms with Crippen molar-refractivity contribution in [3.05, 3.63) is 41.4 Å². The van der Waals surface area contributed by atoms with Crippen LogP contribution in [0.2, 0.25) is 0 Å². The molecule has 0 fully saturated rings. The molecule has 1 unspecified atom stereocenters. The fourth-order valence-corrected chi connectivity index (χ4v) is 2.85. The smallest absolute Gasteiger partial charge is 0.124 e. The third kappa shape index (κ3) is 1.97. The zero-order valence-corrected chi connectivity index (χ0v) is 9.95. The third-order valence-electron chi connectivity index (χ3n) is 2.75. The lowest BCUT2D eigenvalue weighted by atomic mass is 10.0. The van der Waals surface area contributed by atoms with Gasteiger partial charge in [-0.2, -0.15) is 0 Å². The van der Waals surface area contributed by atoms with E-state index in [1.165, 1.54) is 0 Å². The number of rotatable bonds is 1. The van der Waals surface area contributed by atoms with Crippen molar-refractivity contribution in [2.24, 2.45) is 5.73 Å². The van der Waals surface area contributed by atoms with Crippen LogP contribution in [0.3, 0.4) is 0 Å². The van der Waals surface area contributed by atoms with Crippen LogP contribution in [0.5, 0.6) is 5.75 Å². The number of hydrogen-bond acceptors (Lipinski definition) is 4. The molecule has 1 heterocycles. The number of allylic oxidation sites excluding steroid dienone is 2. The lowest BCUT2D eigenvalue weighted by Crippen LogP contribution is -2.17. The van der Waals surface area contributed by atoms with Gasteiger partial charge >= 0.3 is 0 Å². The van der Waals surface area contributed by atoms with E-state index in [9.17, 15) is 5.11 Å². The summed E-state index contributed by atoms with van der Waals surface area (Å²) in [6.07, 6.45) is 6.99. The summed E-state index contributed by atoms with van der Waals surface area (Å²) in [5.41, 5.74) is 7.83. The van der Waals surface area contributed by atoms with Gasteiger partial charge in [0.2, 0.25) is 0 Å². The summed E-state index contributed by atoms with van der Waals surface area (Å²) in [5.74, 6) is 0.280. The van der Waals surface area contributed by atoms with E-state index in [0.717, 1.165) is 27.2 Å². The van der Waals surface area contributed by atoms with Crippen molar-refractivity contribution in [2.75, 3.05) is 0 Å². The van der Waals surface area contributed by atoms with Crippen LogP contribution in [0.15, 0.2) is 36.4 Å². The maximum Gasteiger partial charge on any atom is 0.124 e. The van der Waals surface area contributed by atoms with Crippen LogP contribution >= 0.6 is 11.3 Å². The Morgan fingerprint density at radius 2 is 2.29 bits per heavy atom. The van der Waals surface area contributed by atoms with Gasteiger partial charge < -0.3 is 10.8 Å². The molecular formula is C13H12N2OS. The Bertz CT molecular complexity index is 627. The first-order chi connectivity index (χ1) is 8.22. The van der Waals surface area contributed by atoms with Crippen LogP contribution in [0, 0.1) is 0 Å². The van der Waals surface area contributed by atoms with Crippen LogP contribution in [0.4, 0.5) is 0 Å². The minimum atomic E-state index is 0.122. The summed E-state index contributed by atoms with van der Waals surface area (Å²) in [7, 11) is 0. The van der Waals surface area contributed by atoms with E-state index in [1.807, 2.05) is 18.2 Å². The zero-order valence-electron chi connectivity index (χ0n) is 9.13.